The minimum absolute atomic E-state index is 0.0299. The van der Waals surface area contributed by atoms with Gasteiger partial charge in [-0.05, 0) is 31.1 Å². The summed E-state index contributed by atoms with van der Waals surface area (Å²) in [6.45, 7) is 0. The third kappa shape index (κ3) is 3.48. The van der Waals surface area contributed by atoms with Gasteiger partial charge in [-0.15, -0.1) is 0 Å². The summed E-state index contributed by atoms with van der Waals surface area (Å²) < 4.78 is 0. The Labute approximate surface area is 94.3 Å². The number of aliphatic hydroxyl groups is 1. The molecule has 0 heterocycles. The molecule has 1 heteroatoms. The predicted molar refractivity (Wildman–Crippen MR) is 63.8 cm³/mol. The summed E-state index contributed by atoms with van der Waals surface area (Å²) >= 11 is 0. The molecule has 2 rings (SSSR count). The lowest BCUT2D eigenvalue weighted by molar-refractivity contribution is 0.0605. The number of rotatable bonds is 3. The van der Waals surface area contributed by atoms with Crippen LogP contribution in [0.4, 0.5) is 0 Å². The summed E-state index contributed by atoms with van der Waals surface area (Å²) in [4.78, 5) is 0. The van der Waals surface area contributed by atoms with Gasteiger partial charge in [-0.3, -0.25) is 0 Å². The first-order chi connectivity index (χ1) is 7.36. The molecule has 2 aliphatic rings. The van der Waals surface area contributed by atoms with Gasteiger partial charge in [0.25, 0.3) is 0 Å². The van der Waals surface area contributed by atoms with E-state index in [4.69, 9.17) is 0 Å². The fourth-order valence-electron chi connectivity index (χ4n) is 3.45. The third-order valence-corrected chi connectivity index (χ3v) is 4.54. The van der Waals surface area contributed by atoms with Crippen LogP contribution in [0.25, 0.3) is 0 Å². The zero-order valence-corrected chi connectivity index (χ0v) is 9.96. The average molecular weight is 210 g/mol. The van der Waals surface area contributed by atoms with Crippen LogP contribution in [0.3, 0.4) is 0 Å². The highest BCUT2D eigenvalue weighted by Crippen LogP contribution is 2.33. The fourth-order valence-corrected chi connectivity index (χ4v) is 3.45. The first-order valence-corrected chi connectivity index (χ1v) is 7.04. The molecule has 0 saturated heterocycles. The van der Waals surface area contributed by atoms with E-state index >= 15 is 0 Å². The number of hydrogen-bond acceptors (Lipinski definition) is 1. The molecule has 0 aromatic carbocycles. The molecule has 2 aliphatic carbocycles. The first kappa shape index (κ1) is 11.4. The van der Waals surface area contributed by atoms with Crippen LogP contribution in [0.5, 0.6) is 0 Å². The minimum Gasteiger partial charge on any atom is -0.393 e. The van der Waals surface area contributed by atoms with Crippen molar-refractivity contribution in [3.63, 3.8) is 0 Å². The lowest BCUT2D eigenvalue weighted by Gasteiger charge is -2.30. The molecule has 2 fully saturated rings. The second-order valence-electron chi connectivity index (χ2n) is 5.69. The van der Waals surface area contributed by atoms with Gasteiger partial charge < -0.3 is 5.11 Å². The van der Waals surface area contributed by atoms with Crippen LogP contribution < -0.4 is 0 Å². The maximum atomic E-state index is 9.90. The van der Waals surface area contributed by atoms with E-state index in [-0.39, 0.29) is 6.10 Å². The van der Waals surface area contributed by atoms with E-state index in [1.165, 1.54) is 64.2 Å². The van der Waals surface area contributed by atoms with Crippen LogP contribution in [0.2, 0.25) is 0 Å². The van der Waals surface area contributed by atoms with Gasteiger partial charge in [0.05, 0.1) is 6.10 Å². The minimum atomic E-state index is 0.0299. The molecule has 2 unspecified atom stereocenters. The summed E-state index contributed by atoms with van der Waals surface area (Å²) in [5.41, 5.74) is 0. The zero-order valence-electron chi connectivity index (χ0n) is 9.96. The van der Waals surface area contributed by atoms with E-state index in [1.807, 2.05) is 0 Å². The summed E-state index contributed by atoms with van der Waals surface area (Å²) in [6, 6.07) is 0. The van der Waals surface area contributed by atoms with Crippen LogP contribution in [0.15, 0.2) is 0 Å². The Morgan fingerprint density at radius 3 is 2.13 bits per heavy atom. The van der Waals surface area contributed by atoms with Gasteiger partial charge in [0.15, 0.2) is 0 Å². The quantitative estimate of drug-likeness (QED) is 0.749. The van der Waals surface area contributed by atoms with E-state index in [2.05, 4.69) is 0 Å². The van der Waals surface area contributed by atoms with E-state index in [1.54, 1.807) is 0 Å². The highest BCUT2D eigenvalue weighted by molar-refractivity contribution is 4.76. The molecule has 88 valence electrons. The lowest BCUT2D eigenvalue weighted by Crippen LogP contribution is -2.25. The molecule has 0 amide bonds. The third-order valence-electron chi connectivity index (χ3n) is 4.54. The van der Waals surface area contributed by atoms with Crippen molar-refractivity contribution in [2.45, 2.75) is 76.7 Å². The van der Waals surface area contributed by atoms with Crippen LogP contribution >= 0.6 is 0 Å². The molecule has 2 saturated carbocycles. The van der Waals surface area contributed by atoms with Crippen molar-refractivity contribution in [3.05, 3.63) is 0 Å². The summed E-state index contributed by atoms with van der Waals surface area (Å²) in [5.74, 6) is 1.63. The molecule has 15 heavy (non-hydrogen) atoms. The lowest BCUT2D eigenvalue weighted by atomic mass is 9.79. The fraction of sp³-hybridized carbons (Fsp3) is 1.00. The molecule has 0 spiro atoms. The van der Waals surface area contributed by atoms with Gasteiger partial charge in [0.1, 0.15) is 0 Å². The molecule has 2 atom stereocenters. The molecule has 0 aromatic rings. The molecule has 0 aliphatic heterocycles. The number of aliphatic hydroxyl groups excluding tert-OH is 1. The van der Waals surface area contributed by atoms with Gasteiger partial charge >= 0.3 is 0 Å². The van der Waals surface area contributed by atoms with Gasteiger partial charge in [0.2, 0.25) is 0 Å². The SMILES string of the molecule is OC1CCCCC1CCC1CCCCC1. The second-order valence-corrected chi connectivity index (χ2v) is 5.69. The molecular formula is C14H26O. The van der Waals surface area contributed by atoms with E-state index < -0.39 is 0 Å². The van der Waals surface area contributed by atoms with E-state index in [0.29, 0.717) is 5.92 Å². The number of hydrogen-bond donors (Lipinski definition) is 1. The first-order valence-electron chi connectivity index (χ1n) is 7.04. The van der Waals surface area contributed by atoms with Gasteiger partial charge in [-0.1, -0.05) is 51.4 Å². The molecule has 0 aromatic heterocycles. The smallest absolute Gasteiger partial charge is 0.0568 e. The summed E-state index contributed by atoms with van der Waals surface area (Å²) in [5, 5.41) is 9.90. The average Bonchev–Trinajstić information content (AvgIpc) is 2.29. The maximum absolute atomic E-state index is 9.90. The summed E-state index contributed by atoms with van der Waals surface area (Å²) in [7, 11) is 0. The maximum Gasteiger partial charge on any atom is 0.0568 e. The van der Waals surface area contributed by atoms with Crippen LogP contribution in [-0.2, 0) is 0 Å². The topological polar surface area (TPSA) is 20.2 Å². The normalized spacial score (nSPS) is 34.2. The van der Waals surface area contributed by atoms with Crippen molar-refractivity contribution in [1.82, 2.24) is 0 Å². The van der Waals surface area contributed by atoms with Crippen molar-refractivity contribution >= 4 is 0 Å². The Balaban J connectivity index is 1.67. The second kappa shape index (κ2) is 5.89. The van der Waals surface area contributed by atoms with Crippen molar-refractivity contribution in [2.24, 2.45) is 11.8 Å². The van der Waals surface area contributed by atoms with E-state index in [9.17, 15) is 5.11 Å². The van der Waals surface area contributed by atoms with E-state index in [0.717, 1.165) is 12.3 Å². The van der Waals surface area contributed by atoms with Crippen LogP contribution in [0.1, 0.15) is 70.6 Å². The zero-order chi connectivity index (χ0) is 10.5. The Morgan fingerprint density at radius 1 is 0.733 bits per heavy atom. The largest absolute Gasteiger partial charge is 0.393 e. The highest BCUT2D eigenvalue weighted by Gasteiger charge is 2.24. The summed E-state index contributed by atoms with van der Waals surface area (Å²) in [6.07, 6.45) is 15.0. The highest BCUT2D eigenvalue weighted by atomic mass is 16.3. The Hall–Kier alpha value is -0.0400. The van der Waals surface area contributed by atoms with Crippen LogP contribution in [-0.4, -0.2) is 11.2 Å². The molecule has 1 nitrogen and oxygen atoms in total. The van der Waals surface area contributed by atoms with Crippen molar-refractivity contribution in [1.29, 1.82) is 0 Å². The Kier molecular flexibility index (Phi) is 4.49. The van der Waals surface area contributed by atoms with Crippen molar-refractivity contribution in [2.75, 3.05) is 0 Å². The van der Waals surface area contributed by atoms with Crippen molar-refractivity contribution in [3.8, 4) is 0 Å². The van der Waals surface area contributed by atoms with Gasteiger partial charge in [-0.2, -0.15) is 0 Å². The molecule has 0 radical (unpaired) electrons. The van der Waals surface area contributed by atoms with Gasteiger partial charge in [-0.25, -0.2) is 0 Å². The Bertz CT molecular complexity index is 172. The monoisotopic (exact) mass is 210 g/mol. The standard InChI is InChI=1S/C14H26O/c15-14-9-5-4-8-13(14)11-10-12-6-2-1-3-7-12/h12-15H,1-11H2. The molecule has 1 N–H and O–H groups in total. The van der Waals surface area contributed by atoms with Gasteiger partial charge in [0, 0.05) is 0 Å². The van der Waals surface area contributed by atoms with Crippen molar-refractivity contribution < 1.29 is 5.11 Å². The predicted octanol–water partition coefficient (Wildman–Crippen LogP) is 3.90. The van der Waals surface area contributed by atoms with Crippen LogP contribution in [0, 0.1) is 11.8 Å². The molecular weight excluding hydrogens is 184 g/mol. The Morgan fingerprint density at radius 2 is 1.40 bits per heavy atom. The molecule has 0 bridgehead atoms.